The summed E-state index contributed by atoms with van der Waals surface area (Å²) < 4.78 is 26.7. The minimum Gasteiger partial charge on any atom is -0.394 e. The van der Waals surface area contributed by atoms with Crippen LogP contribution in [0.2, 0.25) is 0 Å². The number of rotatable bonds is 7. The van der Waals surface area contributed by atoms with Crippen LogP contribution in [0.5, 0.6) is 0 Å². The quantitative estimate of drug-likeness (QED) is 0.154. The Labute approximate surface area is 193 Å². The maximum Gasteiger partial charge on any atom is 0.187 e. The van der Waals surface area contributed by atoms with Crippen LogP contribution in [0.15, 0.2) is 0 Å². The van der Waals surface area contributed by atoms with Crippen molar-refractivity contribution in [2.75, 3.05) is 19.8 Å². The summed E-state index contributed by atoms with van der Waals surface area (Å²) in [4.78, 5) is 0. The van der Waals surface area contributed by atoms with Gasteiger partial charge in [-0.1, -0.05) is 0 Å². The van der Waals surface area contributed by atoms with Gasteiger partial charge in [0.05, 0.1) is 25.9 Å². The molecule has 3 fully saturated rings. The highest BCUT2D eigenvalue weighted by Crippen LogP contribution is 2.32. The molecule has 16 nitrogen and oxygen atoms in total. The van der Waals surface area contributed by atoms with Crippen molar-refractivity contribution >= 4 is 0 Å². The van der Waals surface area contributed by atoms with Crippen LogP contribution in [-0.2, 0) is 23.7 Å². The van der Waals surface area contributed by atoms with Crippen LogP contribution in [0.1, 0.15) is 0 Å². The zero-order valence-electron chi connectivity index (χ0n) is 17.9. The van der Waals surface area contributed by atoms with Crippen molar-refractivity contribution < 1.29 is 74.7 Å². The van der Waals surface area contributed by atoms with E-state index in [0.29, 0.717) is 0 Å². The molecule has 15 atom stereocenters. The summed E-state index contributed by atoms with van der Waals surface area (Å²) in [5.74, 6) is 0. The molecule has 0 aromatic carbocycles. The predicted octanol–water partition coefficient (Wildman–Crippen LogP) is -7.61. The van der Waals surface area contributed by atoms with Crippen LogP contribution in [0.3, 0.4) is 0 Å². The predicted molar refractivity (Wildman–Crippen MR) is 103 cm³/mol. The fourth-order valence-corrected chi connectivity index (χ4v) is 4.09. The number of ether oxygens (including phenoxy) is 5. The van der Waals surface area contributed by atoms with E-state index in [1.807, 2.05) is 0 Å². The molecule has 0 aliphatic carbocycles. The lowest BCUT2D eigenvalue weighted by molar-refractivity contribution is -0.374. The minimum absolute atomic E-state index is 0.717. The van der Waals surface area contributed by atoms with E-state index >= 15 is 0 Å². The largest absolute Gasteiger partial charge is 0.394 e. The van der Waals surface area contributed by atoms with Crippen molar-refractivity contribution in [2.24, 2.45) is 5.73 Å². The van der Waals surface area contributed by atoms with Crippen molar-refractivity contribution in [3.8, 4) is 0 Å². The van der Waals surface area contributed by atoms with Crippen molar-refractivity contribution in [3.63, 3.8) is 0 Å². The highest BCUT2D eigenvalue weighted by Gasteiger charge is 2.53. The summed E-state index contributed by atoms with van der Waals surface area (Å²) in [7, 11) is 0. The van der Waals surface area contributed by atoms with Crippen LogP contribution in [0.4, 0.5) is 0 Å². The van der Waals surface area contributed by atoms with E-state index in [1.54, 1.807) is 0 Å². The monoisotopic (exact) mass is 503 g/mol. The Kier molecular flexibility index (Phi) is 9.54. The van der Waals surface area contributed by atoms with Crippen LogP contribution < -0.4 is 5.73 Å². The van der Waals surface area contributed by atoms with Gasteiger partial charge in [0.2, 0.25) is 0 Å². The van der Waals surface area contributed by atoms with Crippen molar-refractivity contribution in [1.82, 2.24) is 0 Å². The molecule has 0 aromatic rings. The van der Waals surface area contributed by atoms with Gasteiger partial charge in [-0.25, -0.2) is 0 Å². The molecule has 0 radical (unpaired) electrons. The van der Waals surface area contributed by atoms with Gasteiger partial charge in [0.25, 0.3) is 0 Å². The summed E-state index contributed by atoms with van der Waals surface area (Å²) in [5, 5.41) is 99.9. The van der Waals surface area contributed by atoms with Gasteiger partial charge in [-0.3, -0.25) is 0 Å². The first-order valence-electron chi connectivity index (χ1n) is 10.7. The molecule has 3 saturated heterocycles. The Morgan fingerprint density at radius 1 is 0.529 bits per heavy atom. The number of aliphatic hydroxyl groups is 10. The number of nitrogens with two attached hydrogens (primary N) is 1. The van der Waals surface area contributed by atoms with Gasteiger partial charge in [0, 0.05) is 0 Å². The van der Waals surface area contributed by atoms with E-state index in [9.17, 15) is 51.1 Å². The first-order chi connectivity index (χ1) is 16.0. The molecule has 34 heavy (non-hydrogen) atoms. The van der Waals surface area contributed by atoms with Gasteiger partial charge >= 0.3 is 0 Å². The van der Waals surface area contributed by atoms with Gasteiger partial charge in [-0.2, -0.15) is 0 Å². The molecule has 0 saturated carbocycles. The van der Waals surface area contributed by atoms with E-state index in [0.717, 1.165) is 0 Å². The molecular weight excluding hydrogens is 470 g/mol. The van der Waals surface area contributed by atoms with Gasteiger partial charge in [-0.05, 0) is 0 Å². The van der Waals surface area contributed by atoms with E-state index in [4.69, 9.17) is 29.4 Å². The molecule has 0 amide bonds. The first-order valence-corrected chi connectivity index (χ1v) is 10.7. The minimum atomic E-state index is -1.86. The van der Waals surface area contributed by atoms with Gasteiger partial charge in [0.15, 0.2) is 18.9 Å². The third kappa shape index (κ3) is 5.37. The summed E-state index contributed by atoms with van der Waals surface area (Å²) in [6.07, 6.45) is -22.7. The molecule has 15 unspecified atom stereocenters. The van der Waals surface area contributed by atoms with Crippen LogP contribution in [-0.4, -0.2) is 163 Å². The van der Waals surface area contributed by atoms with Gasteiger partial charge in [-0.15, -0.1) is 0 Å². The Balaban J connectivity index is 1.78. The molecule has 3 aliphatic heterocycles. The smallest absolute Gasteiger partial charge is 0.187 e. The van der Waals surface area contributed by atoms with Gasteiger partial charge < -0.3 is 80.5 Å². The van der Waals surface area contributed by atoms with Crippen LogP contribution >= 0.6 is 0 Å². The van der Waals surface area contributed by atoms with E-state index in [-0.39, 0.29) is 0 Å². The summed E-state index contributed by atoms with van der Waals surface area (Å²) >= 11 is 0. The Hall–Kier alpha value is -0.640. The molecule has 0 spiro atoms. The normalized spacial score (nSPS) is 52.5. The van der Waals surface area contributed by atoms with Gasteiger partial charge in [0.1, 0.15) is 67.1 Å². The van der Waals surface area contributed by atoms with Crippen molar-refractivity contribution in [3.05, 3.63) is 0 Å². The van der Waals surface area contributed by atoms with Crippen molar-refractivity contribution in [1.29, 1.82) is 0 Å². The average Bonchev–Trinajstić information content (AvgIpc) is 2.83. The fourth-order valence-electron chi connectivity index (χ4n) is 4.09. The lowest BCUT2D eigenvalue weighted by Gasteiger charge is -2.48. The molecule has 16 heteroatoms. The molecule has 0 bridgehead atoms. The average molecular weight is 503 g/mol. The highest BCUT2D eigenvalue weighted by atomic mass is 16.7. The maximum atomic E-state index is 10.8. The second-order valence-electron chi connectivity index (χ2n) is 8.42. The second-order valence-corrected chi connectivity index (χ2v) is 8.42. The number of hydrogen-bond donors (Lipinski definition) is 11. The fraction of sp³-hybridized carbons (Fsp3) is 1.00. The number of aliphatic hydroxyl groups excluding tert-OH is 10. The molecule has 3 aliphatic rings. The molecule has 12 N–H and O–H groups in total. The SMILES string of the molecule is NC1C(O)OC(CO)C(OC2OC(CO)C(O)C(OC3OC(CO)C(O)C(O)C3O)C2O)C1O. The Bertz CT molecular complexity index is 642. The zero-order chi connectivity index (χ0) is 25.3. The first kappa shape index (κ1) is 27.9. The molecule has 0 aromatic heterocycles. The molecule has 200 valence electrons. The topological polar surface area (TPSA) is 274 Å². The van der Waals surface area contributed by atoms with E-state index < -0.39 is 112 Å². The highest BCUT2D eigenvalue weighted by molar-refractivity contribution is 4.96. The lowest BCUT2D eigenvalue weighted by Crippen LogP contribution is -2.67. The Morgan fingerprint density at radius 3 is 1.59 bits per heavy atom. The standard InChI is InChI=1S/C18H33NO15/c19-7-10(25)14(6(3-22)30-16(7)29)33-18-13(28)15(9(24)5(2-21)32-18)34-17-12(27)11(26)8(23)4(1-20)31-17/h4-18,20-29H,1-3,19H2. The second kappa shape index (κ2) is 11.6. The third-order valence-corrected chi connectivity index (χ3v) is 6.17. The molecule has 3 heterocycles. The third-order valence-electron chi connectivity index (χ3n) is 6.17. The molecule has 3 rings (SSSR count). The lowest BCUT2D eigenvalue weighted by atomic mass is 9.95. The summed E-state index contributed by atoms with van der Waals surface area (Å²) in [6, 6.07) is -1.34. The zero-order valence-corrected chi connectivity index (χ0v) is 17.9. The summed E-state index contributed by atoms with van der Waals surface area (Å²) in [6.45, 7) is -2.25. The Morgan fingerprint density at radius 2 is 1.03 bits per heavy atom. The number of hydrogen-bond acceptors (Lipinski definition) is 16. The van der Waals surface area contributed by atoms with Crippen LogP contribution in [0, 0.1) is 0 Å². The van der Waals surface area contributed by atoms with E-state index in [2.05, 4.69) is 0 Å². The molecular formula is C18H33NO15. The maximum absolute atomic E-state index is 10.8. The van der Waals surface area contributed by atoms with Crippen molar-refractivity contribution in [2.45, 2.75) is 92.1 Å². The van der Waals surface area contributed by atoms with E-state index in [1.165, 1.54) is 0 Å². The summed E-state index contributed by atoms with van der Waals surface area (Å²) in [5.41, 5.74) is 5.66. The van der Waals surface area contributed by atoms with Crippen LogP contribution in [0.25, 0.3) is 0 Å².